The highest BCUT2D eigenvalue weighted by atomic mass is 31.2. The molecular formula is C40H53FN4O13P2. The largest absolute Gasteiger partial charge is 0.492 e. The SMILES string of the molecule is CCOP(=O)(OCC)C(Cc1ccc(NC(=O)COC(=O)N2CCC[C@H]3CN(c4c(F)cc5c(=O)c(C(=O)O)cn(C6CC6)c5c4OC)C[C@H]32)cc1)P(=O)(OCC)OCC. The average molecular weight is 879 g/mol. The molecule has 0 radical (unpaired) electrons. The Morgan fingerprint density at radius 3 is 2.10 bits per heavy atom. The molecule has 0 spiro atoms. The number of pyridine rings is 1. The molecule has 60 heavy (non-hydrogen) atoms. The molecular weight excluding hydrogens is 825 g/mol. The summed E-state index contributed by atoms with van der Waals surface area (Å²) < 4.78 is 79.2. The number of carbonyl (C=O) groups is 3. The van der Waals surface area contributed by atoms with Crippen molar-refractivity contribution in [3.05, 3.63) is 63.7 Å². The third-order valence-electron chi connectivity index (χ3n) is 10.9. The number of aromatic carboxylic acids is 1. The zero-order chi connectivity index (χ0) is 43.4. The Kier molecular flexibility index (Phi) is 14.4. The summed E-state index contributed by atoms with van der Waals surface area (Å²) in [5, 5.41) is 11.1. The van der Waals surface area contributed by atoms with Crippen LogP contribution in [0, 0.1) is 11.7 Å². The molecule has 2 atom stereocenters. The van der Waals surface area contributed by atoms with Gasteiger partial charge in [0.2, 0.25) is 5.43 Å². The lowest BCUT2D eigenvalue weighted by Gasteiger charge is -2.35. The van der Waals surface area contributed by atoms with Crippen LogP contribution in [0.25, 0.3) is 10.9 Å². The van der Waals surface area contributed by atoms with Crippen LogP contribution >= 0.6 is 15.2 Å². The summed E-state index contributed by atoms with van der Waals surface area (Å²) >= 11 is 0. The first-order chi connectivity index (χ1) is 28.7. The Balaban J connectivity index is 1.12. The lowest BCUT2D eigenvalue weighted by Crippen LogP contribution is -2.49. The monoisotopic (exact) mass is 878 g/mol. The summed E-state index contributed by atoms with van der Waals surface area (Å²) in [6.45, 7) is 7.20. The fourth-order valence-electron chi connectivity index (χ4n) is 8.19. The van der Waals surface area contributed by atoms with Gasteiger partial charge in [-0.3, -0.25) is 18.7 Å². The number of carboxylic acids is 1. The molecule has 6 rings (SSSR count). The van der Waals surface area contributed by atoms with Gasteiger partial charge in [0.15, 0.2) is 23.6 Å². The standard InChI is InChI=1S/C40H53FN4O13P2/c1-6-55-59(51,56-7-2)34(60(52,57-8-3)58-9-4)19-25-12-14-27(15-13-25)42-33(46)24-54-40(50)44-18-10-11-26-21-43(23-32(26)44)36-31(41)20-29-35(38(36)53-5)45(28-16-17-28)22-30(37(29)47)39(48)49/h12-15,20,22,26,28,32,34H,6-11,16-19,21,23-24H2,1-5H3,(H,42,46)(H,48,49)/t26-,32+/m0/s1. The molecule has 1 aromatic heterocycles. The van der Waals surface area contributed by atoms with Crippen molar-refractivity contribution < 1.29 is 60.6 Å². The summed E-state index contributed by atoms with van der Waals surface area (Å²) in [7, 11) is -6.58. The molecule has 0 unspecified atom stereocenters. The molecule has 3 fully saturated rings. The van der Waals surface area contributed by atoms with Crippen LogP contribution in [0.3, 0.4) is 0 Å². The van der Waals surface area contributed by atoms with Crippen LogP contribution in [0.5, 0.6) is 5.75 Å². The number of piperidine rings is 1. The van der Waals surface area contributed by atoms with Crippen molar-refractivity contribution in [2.75, 3.05) is 70.0 Å². The summed E-state index contributed by atoms with van der Waals surface area (Å²) in [5.74, 6) is -2.67. The van der Waals surface area contributed by atoms with Crippen LogP contribution in [0.2, 0.25) is 0 Å². The summed E-state index contributed by atoms with van der Waals surface area (Å²) in [6, 6.07) is 7.16. The molecule has 3 heterocycles. The minimum Gasteiger partial charge on any atom is -0.492 e. The molecule has 3 aliphatic rings. The second-order valence-electron chi connectivity index (χ2n) is 14.8. The molecule has 20 heteroatoms. The van der Waals surface area contributed by atoms with Crippen molar-refractivity contribution in [2.45, 2.75) is 77.3 Å². The number of fused-ring (bicyclic) bond motifs is 2. The zero-order valence-corrected chi connectivity index (χ0v) is 36.2. The molecule has 2 aliphatic heterocycles. The number of aromatic nitrogens is 1. The Labute approximate surface area is 347 Å². The van der Waals surface area contributed by atoms with Gasteiger partial charge in [-0.2, -0.15) is 0 Å². The number of hydrogen-bond acceptors (Lipinski definition) is 13. The van der Waals surface area contributed by atoms with Gasteiger partial charge < -0.3 is 52.4 Å². The van der Waals surface area contributed by atoms with Gasteiger partial charge in [-0.15, -0.1) is 0 Å². The van der Waals surface area contributed by atoms with Crippen LogP contribution < -0.4 is 20.4 Å². The van der Waals surface area contributed by atoms with E-state index in [9.17, 15) is 33.4 Å². The Morgan fingerprint density at radius 1 is 0.933 bits per heavy atom. The van der Waals surface area contributed by atoms with E-state index in [1.807, 2.05) is 0 Å². The van der Waals surface area contributed by atoms with Gasteiger partial charge in [0.25, 0.3) is 5.91 Å². The first-order valence-corrected chi connectivity index (χ1v) is 23.5. The van der Waals surface area contributed by atoms with Gasteiger partial charge in [0.05, 0.1) is 50.5 Å². The minimum atomic E-state index is -3.98. The Bertz CT molecular complexity index is 2180. The minimum absolute atomic E-state index is 0.0364. The topological polar surface area (TPSA) is 201 Å². The van der Waals surface area contributed by atoms with E-state index in [0.29, 0.717) is 36.3 Å². The Morgan fingerprint density at radius 2 is 1.55 bits per heavy atom. The van der Waals surface area contributed by atoms with Crippen LogP contribution in [0.1, 0.15) is 75.3 Å². The molecule has 17 nitrogen and oxygen atoms in total. The van der Waals surface area contributed by atoms with Crippen molar-refractivity contribution in [1.29, 1.82) is 0 Å². The van der Waals surface area contributed by atoms with Crippen molar-refractivity contribution >= 4 is 55.4 Å². The normalized spacial score (nSPS) is 18.2. The number of nitrogens with one attached hydrogen (secondary N) is 1. The molecule has 328 valence electrons. The van der Waals surface area contributed by atoms with E-state index >= 15 is 4.39 Å². The van der Waals surface area contributed by atoms with Crippen molar-refractivity contribution in [1.82, 2.24) is 9.47 Å². The second kappa shape index (κ2) is 19.2. The second-order valence-corrected chi connectivity index (χ2v) is 19.6. The smallest absolute Gasteiger partial charge is 0.410 e. The predicted octanol–water partition coefficient (Wildman–Crippen LogP) is 7.26. The first-order valence-electron chi connectivity index (χ1n) is 20.3. The maximum absolute atomic E-state index is 16.1. The number of carbonyl (C=O) groups excluding carboxylic acids is 2. The first kappa shape index (κ1) is 45.2. The number of benzene rings is 2. The summed E-state index contributed by atoms with van der Waals surface area (Å²) in [6.07, 6.45) is 3.54. The molecule has 0 bridgehead atoms. The molecule has 2 saturated heterocycles. The van der Waals surface area contributed by atoms with Crippen LogP contribution in [0.4, 0.5) is 20.6 Å². The quantitative estimate of drug-likeness (QED) is 0.114. The number of rotatable bonds is 19. The van der Waals surface area contributed by atoms with Crippen LogP contribution in [-0.4, -0.2) is 104 Å². The number of likely N-dealkylation sites (tertiary alicyclic amines) is 1. The van der Waals surface area contributed by atoms with Gasteiger partial charge >= 0.3 is 27.3 Å². The Hall–Kier alpha value is -4.31. The molecule has 1 aliphatic carbocycles. The highest BCUT2D eigenvalue weighted by Gasteiger charge is 2.51. The number of halogens is 1. The van der Waals surface area contributed by atoms with E-state index in [-0.39, 0.29) is 74.2 Å². The van der Waals surface area contributed by atoms with Gasteiger partial charge in [0, 0.05) is 37.6 Å². The van der Waals surface area contributed by atoms with Gasteiger partial charge in [-0.25, -0.2) is 14.0 Å². The molecule has 2 aromatic carbocycles. The number of ether oxygens (including phenoxy) is 2. The molecule has 2 N–H and O–H groups in total. The van der Waals surface area contributed by atoms with Crippen LogP contribution in [-0.2, 0) is 43.2 Å². The van der Waals surface area contributed by atoms with Gasteiger partial charge in [0.1, 0.15) is 11.3 Å². The summed E-state index contributed by atoms with van der Waals surface area (Å²) in [4.78, 5) is 54.9. The van der Waals surface area contributed by atoms with E-state index < -0.39 is 62.0 Å². The van der Waals surface area contributed by atoms with Crippen molar-refractivity contribution in [2.24, 2.45) is 5.92 Å². The van der Waals surface area contributed by atoms with E-state index in [0.717, 1.165) is 25.3 Å². The molecule has 2 amide bonds. The molecule has 1 saturated carbocycles. The zero-order valence-electron chi connectivity index (χ0n) is 34.4. The van der Waals surface area contributed by atoms with Crippen molar-refractivity contribution in [3.63, 3.8) is 0 Å². The number of amides is 2. The number of carboxylic acid groups (broad SMARTS) is 1. The lowest BCUT2D eigenvalue weighted by atomic mass is 9.92. The van der Waals surface area contributed by atoms with Gasteiger partial charge in [-0.05, 0) is 89.5 Å². The predicted molar refractivity (Wildman–Crippen MR) is 221 cm³/mol. The van der Waals surface area contributed by atoms with Crippen molar-refractivity contribution in [3.8, 4) is 5.75 Å². The lowest BCUT2D eigenvalue weighted by molar-refractivity contribution is -0.119. The highest BCUT2D eigenvalue weighted by molar-refractivity contribution is 7.72. The van der Waals surface area contributed by atoms with E-state index in [2.05, 4.69) is 5.32 Å². The summed E-state index contributed by atoms with van der Waals surface area (Å²) in [5.41, 5.74) is 0.189. The number of anilines is 2. The maximum atomic E-state index is 16.1. The number of hydrogen-bond donors (Lipinski definition) is 2. The van der Waals surface area contributed by atoms with Crippen LogP contribution in [0.15, 0.2) is 41.3 Å². The van der Waals surface area contributed by atoms with E-state index in [1.165, 1.54) is 13.3 Å². The maximum Gasteiger partial charge on any atom is 0.410 e. The highest BCUT2D eigenvalue weighted by Crippen LogP contribution is 2.71. The number of nitrogens with zero attached hydrogens (tertiary/aromatic N) is 3. The van der Waals surface area contributed by atoms with Gasteiger partial charge in [-0.1, -0.05) is 12.1 Å². The average Bonchev–Trinajstić information content (AvgIpc) is 3.97. The third kappa shape index (κ3) is 9.44. The van der Waals surface area contributed by atoms with E-state index in [1.54, 1.807) is 66.3 Å². The van der Waals surface area contributed by atoms with E-state index in [4.69, 9.17) is 27.6 Å². The fraction of sp³-hybridized carbons (Fsp3) is 0.550. The third-order valence-corrected chi connectivity index (χ3v) is 16.8. The number of methoxy groups -OCH3 is 1. The fourth-order valence-corrected chi connectivity index (χ4v) is 13.5. The molecule has 3 aromatic rings.